The standard InChI is InChI=1S/C11H10INO5/c12-7-3-1-2-6(4-7)10(16)13-8(11(17)18)5-9(14)15/h1-4,8H,5H2,(H,13,16)(H,14,15)(H,17,18)/t8-/m1/s1. The Labute approximate surface area is 116 Å². The average Bonchev–Trinajstić information content (AvgIpc) is 2.27. The van der Waals surface area contributed by atoms with Gasteiger partial charge in [-0.25, -0.2) is 4.79 Å². The quantitative estimate of drug-likeness (QED) is 0.676. The average molecular weight is 363 g/mol. The molecule has 6 nitrogen and oxygen atoms in total. The Bertz CT molecular complexity index is 488. The SMILES string of the molecule is O=C(O)C[C@@H](NC(=O)c1cccc(I)c1)C(=O)O. The third-order valence-corrected chi connectivity index (χ3v) is 2.74. The van der Waals surface area contributed by atoms with Gasteiger partial charge in [0, 0.05) is 9.13 Å². The first-order chi connectivity index (χ1) is 8.40. The highest BCUT2D eigenvalue weighted by Crippen LogP contribution is 2.08. The lowest BCUT2D eigenvalue weighted by Gasteiger charge is -2.12. The largest absolute Gasteiger partial charge is 0.481 e. The van der Waals surface area contributed by atoms with Crippen LogP contribution in [0.1, 0.15) is 16.8 Å². The molecular formula is C11H10INO5. The van der Waals surface area contributed by atoms with Crippen LogP contribution in [-0.4, -0.2) is 34.1 Å². The number of hydrogen-bond acceptors (Lipinski definition) is 3. The van der Waals surface area contributed by atoms with E-state index in [0.717, 1.165) is 3.57 Å². The van der Waals surface area contributed by atoms with Crippen molar-refractivity contribution in [3.8, 4) is 0 Å². The summed E-state index contributed by atoms with van der Waals surface area (Å²) in [6.07, 6.45) is -0.662. The molecule has 0 aromatic heterocycles. The highest BCUT2D eigenvalue weighted by Gasteiger charge is 2.23. The van der Waals surface area contributed by atoms with Crippen LogP contribution in [0.4, 0.5) is 0 Å². The van der Waals surface area contributed by atoms with Gasteiger partial charge in [-0.15, -0.1) is 0 Å². The summed E-state index contributed by atoms with van der Waals surface area (Å²) in [6.45, 7) is 0. The molecule has 0 aliphatic carbocycles. The summed E-state index contributed by atoms with van der Waals surface area (Å²) in [5, 5.41) is 19.5. The van der Waals surface area contributed by atoms with Crippen molar-refractivity contribution in [3.63, 3.8) is 0 Å². The highest BCUT2D eigenvalue weighted by atomic mass is 127. The fourth-order valence-corrected chi connectivity index (χ4v) is 1.79. The number of nitrogens with one attached hydrogen (secondary N) is 1. The first kappa shape index (κ1) is 14.4. The van der Waals surface area contributed by atoms with Crippen molar-refractivity contribution in [1.29, 1.82) is 0 Å². The van der Waals surface area contributed by atoms with Crippen LogP contribution in [0.3, 0.4) is 0 Å². The Morgan fingerprint density at radius 1 is 1.28 bits per heavy atom. The van der Waals surface area contributed by atoms with Crippen molar-refractivity contribution in [1.82, 2.24) is 5.32 Å². The van der Waals surface area contributed by atoms with Gasteiger partial charge in [0.1, 0.15) is 6.04 Å². The van der Waals surface area contributed by atoms with Gasteiger partial charge in [0.2, 0.25) is 0 Å². The molecule has 0 unspecified atom stereocenters. The smallest absolute Gasteiger partial charge is 0.326 e. The number of amides is 1. The fourth-order valence-electron chi connectivity index (χ4n) is 1.25. The Balaban J connectivity index is 2.78. The minimum atomic E-state index is -1.44. The van der Waals surface area contributed by atoms with Crippen molar-refractivity contribution in [3.05, 3.63) is 33.4 Å². The van der Waals surface area contributed by atoms with Crippen molar-refractivity contribution in [2.24, 2.45) is 0 Å². The zero-order valence-electron chi connectivity index (χ0n) is 9.09. The van der Waals surface area contributed by atoms with Gasteiger partial charge in [0.15, 0.2) is 0 Å². The Hall–Kier alpha value is -1.64. The van der Waals surface area contributed by atoms with E-state index in [0.29, 0.717) is 5.56 Å². The first-order valence-electron chi connectivity index (χ1n) is 4.91. The molecule has 0 aliphatic rings. The second-order valence-corrected chi connectivity index (χ2v) is 4.72. The molecule has 7 heteroatoms. The number of rotatable bonds is 5. The summed E-state index contributed by atoms with van der Waals surface area (Å²) in [6, 6.07) is 5.10. The molecule has 96 valence electrons. The van der Waals surface area contributed by atoms with E-state index in [4.69, 9.17) is 10.2 Å². The fraction of sp³-hybridized carbons (Fsp3) is 0.182. The lowest BCUT2D eigenvalue weighted by molar-refractivity contribution is -0.145. The van der Waals surface area contributed by atoms with E-state index in [9.17, 15) is 14.4 Å². The monoisotopic (exact) mass is 363 g/mol. The van der Waals surface area contributed by atoms with E-state index in [1.165, 1.54) is 6.07 Å². The normalized spacial score (nSPS) is 11.6. The van der Waals surface area contributed by atoms with Crippen molar-refractivity contribution >= 4 is 40.4 Å². The van der Waals surface area contributed by atoms with Crippen LogP contribution in [-0.2, 0) is 9.59 Å². The van der Waals surface area contributed by atoms with Crippen LogP contribution in [0.25, 0.3) is 0 Å². The highest BCUT2D eigenvalue weighted by molar-refractivity contribution is 14.1. The summed E-state index contributed by atoms with van der Waals surface area (Å²) in [5.41, 5.74) is 0.290. The lowest BCUT2D eigenvalue weighted by atomic mass is 10.1. The zero-order chi connectivity index (χ0) is 13.7. The molecule has 1 aromatic rings. The topological polar surface area (TPSA) is 104 Å². The van der Waals surface area contributed by atoms with Crippen molar-refractivity contribution < 1.29 is 24.6 Å². The van der Waals surface area contributed by atoms with Gasteiger partial charge >= 0.3 is 11.9 Å². The molecule has 0 fully saturated rings. The number of benzene rings is 1. The van der Waals surface area contributed by atoms with Gasteiger partial charge in [0.25, 0.3) is 5.91 Å². The summed E-state index contributed by atoms with van der Waals surface area (Å²) in [4.78, 5) is 33.0. The summed E-state index contributed by atoms with van der Waals surface area (Å²) in [7, 11) is 0. The van der Waals surface area contributed by atoms with Gasteiger partial charge in [-0.1, -0.05) is 6.07 Å². The third-order valence-electron chi connectivity index (χ3n) is 2.07. The van der Waals surface area contributed by atoms with E-state index in [1.807, 2.05) is 22.6 Å². The Morgan fingerprint density at radius 3 is 2.44 bits per heavy atom. The van der Waals surface area contributed by atoms with Gasteiger partial charge in [-0.2, -0.15) is 0 Å². The summed E-state index contributed by atoms with van der Waals surface area (Å²) >= 11 is 2.02. The maximum absolute atomic E-state index is 11.7. The number of halogens is 1. The molecule has 1 rings (SSSR count). The van der Waals surface area contributed by atoms with Crippen LogP contribution in [0.5, 0.6) is 0 Å². The van der Waals surface area contributed by atoms with Crippen molar-refractivity contribution in [2.45, 2.75) is 12.5 Å². The Morgan fingerprint density at radius 2 is 1.94 bits per heavy atom. The number of carboxylic acid groups (broad SMARTS) is 2. The van der Waals surface area contributed by atoms with E-state index < -0.39 is 30.3 Å². The molecule has 0 saturated carbocycles. The Kier molecular flexibility index (Phi) is 5.08. The molecular weight excluding hydrogens is 353 g/mol. The van der Waals surface area contributed by atoms with Gasteiger partial charge in [-0.05, 0) is 40.8 Å². The summed E-state index contributed by atoms with van der Waals surface area (Å²) < 4.78 is 0.824. The molecule has 3 N–H and O–H groups in total. The number of carboxylic acids is 2. The molecule has 0 spiro atoms. The zero-order valence-corrected chi connectivity index (χ0v) is 11.2. The number of carbonyl (C=O) groups excluding carboxylic acids is 1. The molecule has 0 radical (unpaired) electrons. The van der Waals surface area contributed by atoms with Gasteiger partial charge in [-0.3, -0.25) is 9.59 Å². The van der Waals surface area contributed by atoms with Gasteiger partial charge < -0.3 is 15.5 Å². The molecule has 1 aromatic carbocycles. The van der Waals surface area contributed by atoms with Crippen molar-refractivity contribution in [2.75, 3.05) is 0 Å². The van der Waals surface area contributed by atoms with Gasteiger partial charge in [0.05, 0.1) is 6.42 Å². The lowest BCUT2D eigenvalue weighted by Crippen LogP contribution is -2.42. The number of hydrogen-bond donors (Lipinski definition) is 3. The van der Waals surface area contributed by atoms with Crippen LogP contribution in [0.15, 0.2) is 24.3 Å². The predicted octanol–water partition coefficient (Wildman–Crippen LogP) is 0.949. The minimum absolute atomic E-state index is 0.290. The molecule has 0 bridgehead atoms. The molecule has 0 heterocycles. The molecule has 0 aliphatic heterocycles. The first-order valence-corrected chi connectivity index (χ1v) is 5.99. The van der Waals surface area contributed by atoms with E-state index in [1.54, 1.807) is 18.2 Å². The minimum Gasteiger partial charge on any atom is -0.481 e. The number of carbonyl (C=O) groups is 3. The van der Waals surface area contributed by atoms with E-state index >= 15 is 0 Å². The maximum Gasteiger partial charge on any atom is 0.326 e. The molecule has 18 heavy (non-hydrogen) atoms. The van der Waals surface area contributed by atoms with Crippen LogP contribution >= 0.6 is 22.6 Å². The molecule has 1 amide bonds. The van der Waals surface area contributed by atoms with Crippen LogP contribution < -0.4 is 5.32 Å². The molecule has 0 saturated heterocycles. The van der Waals surface area contributed by atoms with Crippen LogP contribution in [0, 0.1) is 3.57 Å². The summed E-state index contributed by atoms with van der Waals surface area (Å²) in [5.74, 6) is -3.27. The van der Waals surface area contributed by atoms with E-state index in [2.05, 4.69) is 5.32 Å². The maximum atomic E-state index is 11.7. The number of aliphatic carboxylic acids is 2. The van der Waals surface area contributed by atoms with E-state index in [-0.39, 0.29) is 0 Å². The predicted molar refractivity (Wildman–Crippen MR) is 70.3 cm³/mol. The second kappa shape index (κ2) is 6.34. The van der Waals surface area contributed by atoms with Crippen LogP contribution in [0.2, 0.25) is 0 Å². The second-order valence-electron chi connectivity index (χ2n) is 3.47. The third kappa shape index (κ3) is 4.32. The molecule has 1 atom stereocenters.